The quantitative estimate of drug-likeness (QED) is 0.494. The molecule has 0 atom stereocenters. The number of hydrogen-bond donors (Lipinski definition) is 3. The van der Waals surface area contributed by atoms with Gasteiger partial charge in [0.25, 0.3) is 0 Å². The van der Waals surface area contributed by atoms with E-state index in [4.69, 9.17) is 0 Å². The molecule has 0 radical (unpaired) electrons. The fourth-order valence-electron chi connectivity index (χ4n) is 2.18. The molecule has 2 aromatic carbocycles. The first-order valence-electron chi connectivity index (χ1n) is 8.03. The van der Waals surface area contributed by atoms with Crippen LogP contribution < -0.4 is 10.7 Å². The van der Waals surface area contributed by atoms with Crippen LogP contribution in [0, 0.1) is 13.8 Å². The molecule has 0 aliphatic rings. The molecule has 0 saturated heterocycles. The van der Waals surface area contributed by atoms with Crippen LogP contribution in [-0.4, -0.2) is 23.1 Å². The molecule has 3 N–H and O–H groups in total. The summed E-state index contributed by atoms with van der Waals surface area (Å²) >= 11 is 3.29. The third kappa shape index (κ3) is 5.70. The summed E-state index contributed by atoms with van der Waals surface area (Å²) < 4.78 is 0.784. The summed E-state index contributed by atoms with van der Waals surface area (Å²) in [4.78, 5) is 23.8. The number of aromatic hydroxyl groups is 1. The highest BCUT2D eigenvalue weighted by Gasteiger charge is 2.09. The zero-order valence-corrected chi connectivity index (χ0v) is 16.1. The van der Waals surface area contributed by atoms with E-state index in [1.807, 2.05) is 32.0 Å². The first kappa shape index (κ1) is 19.7. The number of phenolic OH excluding ortho intramolecular Hbond substituents is 1. The zero-order chi connectivity index (χ0) is 19.1. The van der Waals surface area contributed by atoms with E-state index in [-0.39, 0.29) is 30.4 Å². The topological polar surface area (TPSA) is 90.8 Å². The average Bonchev–Trinajstić information content (AvgIpc) is 2.60. The number of halogens is 1. The van der Waals surface area contributed by atoms with Gasteiger partial charge in [-0.05, 0) is 49.2 Å². The zero-order valence-electron chi connectivity index (χ0n) is 14.5. The molecule has 26 heavy (non-hydrogen) atoms. The lowest BCUT2D eigenvalue weighted by molar-refractivity contribution is -0.124. The summed E-state index contributed by atoms with van der Waals surface area (Å²) in [6.45, 7) is 3.91. The van der Waals surface area contributed by atoms with Crippen LogP contribution in [0.25, 0.3) is 0 Å². The largest absolute Gasteiger partial charge is 0.507 e. The number of anilines is 1. The van der Waals surface area contributed by atoms with E-state index in [0.29, 0.717) is 5.56 Å². The lowest BCUT2D eigenvalue weighted by atomic mass is 10.1. The molecule has 0 heterocycles. The number of carbonyl (C=O) groups excluding carboxylic acids is 2. The van der Waals surface area contributed by atoms with E-state index in [9.17, 15) is 14.7 Å². The molecule has 0 fully saturated rings. The third-order valence-electron chi connectivity index (χ3n) is 3.84. The highest BCUT2D eigenvalue weighted by molar-refractivity contribution is 9.10. The molecule has 136 valence electrons. The maximum Gasteiger partial charge on any atom is 0.240 e. The van der Waals surface area contributed by atoms with E-state index < -0.39 is 0 Å². The Labute approximate surface area is 160 Å². The van der Waals surface area contributed by atoms with Gasteiger partial charge in [0, 0.05) is 28.6 Å². The molecule has 6 nitrogen and oxygen atoms in total. The number of nitrogens with zero attached hydrogens (tertiary/aromatic N) is 1. The summed E-state index contributed by atoms with van der Waals surface area (Å²) in [5.41, 5.74) is 5.65. The summed E-state index contributed by atoms with van der Waals surface area (Å²) in [5, 5.41) is 16.3. The smallest absolute Gasteiger partial charge is 0.240 e. The van der Waals surface area contributed by atoms with Crippen molar-refractivity contribution in [3.8, 4) is 5.75 Å². The van der Waals surface area contributed by atoms with Crippen molar-refractivity contribution < 1.29 is 14.7 Å². The number of amides is 2. The number of hydrogen-bond acceptors (Lipinski definition) is 4. The highest BCUT2D eigenvalue weighted by Crippen LogP contribution is 2.20. The maximum absolute atomic E-state index is 12.0. The molecule has 0 bridgehead atoms. The Morgan fingerprint density at radius 2 is 1.88 bits per heavy atom. The molecule has 2 aromatic rings. The Kier molecular flexibility index (Phi) is 6.91. The van der Waals surface area contributed by atoms with Crippen molar-refractivity contribution >= 4 is 39.6 Å². The Morgan fingerprint density at radius 3 is 2.65 bits per heavy atom. The molecule has 0 aliphatic heterocycles. The number of nitrogens with one attached hydrogen (secondary N) is 2. The van der Waals surface area contributed by atoms with Gasteiger partial charge in [0.15, 0.2) is 0 Å². The standard InChI is InChI=1S/C19H20BrN3O3/c1-12-4-3-5-16(13(12)2)22-18(25)8-9-19(26)23-21-11-14-10-15(20)6-7-17(14)24/h3-7,10-11,24H,8-9H2,1-2H3,(H,22,25)(H,23,26)/b21-11+. The van der Waals surface area contributed by atoms with Crippen LogP contribution in [0.15, 0.2) is 46.0 Å². The number of aryl methyl sites for hydroxylation is 1. The van der Waals surface area contributed by atoms with Crippen molar-refractivity contribution in [3.05, 3.63) is 57.6 Å². The summed E-state index contributed by atoms with van der Waals surface area (Å²) in [6.07, 6.45) is 1.41. The second kappa shape index (κ2) is 9.15. The van der Waals surface area contributed by atoms with Crippen LogP contribution in [0.4, 0.5) is 5.69 Å². The second-order valence-electron chi connectivity index (χ2n) is 5.79. The van der Waals surface area contributed by atoms with Gasteiger partial charge in [0.1, 0.15) is 5.75 Å². The number of rotatable bonds is 6. The van der Waals surface area contributed by atoms with Crippen molar-refractivity contribution in [2.75, 3.05) is 5.32 Å². The Bertz CT molecular complexity index is 850. The number of hydrazone groups is 1. The normalized spacial score (nSPS) is 10.7. The molecular formula is C19H20BrN3O3. The van der Waals surface area contributed by atoms with E-state index in [2.05, 4.69) is 31.8 Å². The lowest BCUT2D eigenvalue weighted by Gasteiger charge is -2.10. The molecule has 0 saturated carbocycles. The Hall–Kier alpha value is -2.67. The van der Waals surface area contributed by atoms with E-state index in [1.165, 1.54) is 12.3 Å². The van der Waals surface area contributed by atoms with Gasteiger partial charge in [-0.25, -0.2) is 5.43 Å². The Morgan fingerprint density at radius 1 is 1.15 bits per heavy atom. The molecule has 2 amide bonds. The Balaban J connectivity index is 1.81. The van der Waals surface area contributed by atoms with Crippen molar-refractivity contribution in [2.45, 2.75) is 26.7 Å². The van der Waals surface area contributed by atoms with E-state index in [0.717, 1.165) is 21.3 Å². The van der Waals surface area contributed by atoms with Gasteiger partial charge in [-0.15, -0.1) is 0 Å². The first-order valence-corrected chi connectivity index (χ1v) is 8.82. The molecule has 0 aromatic heterocycles. The van der Waals surface area contributed by atoms with Crippen molar-refractivity contribution in [2.24, 2.45) is 5.10 Å². The van der Waals surface area contributed by atoms with Crippen LogP contribution in [0.3, 0.4) is 0 Å². The lowest BCUT2D eigenvalue weighted by Crippen LogP contribution is -2.21. The number of carbonyl (C=O) groups is 2. The van der Waals surface area contributed by atoms with Crippen molar-refractivity contribution in [1.29, 1.82) is 0 Å². The summed E-state index contributed by atoms with van der Waals surface area (Å²) in [7, 11) is 0. The fraction of sp³-hybridized carbons (Fsp3) is 0.211. The second-order valence-corrected chi connectivity index (χ2v) is 6.71. The van der Waals surface area contributed by atoms with Gasteiger partial charge in [-0.3, -0.25) is 9.59 Å². The van der Waals surface area contributed by atoms with Crippen molar-refractivity contribution in [1.82, 2.24) is 5.43 Å². The SMILES string of the molecule is Cc1cccc(NC(=O)CCC(=O)N/N=C/c2cc(Br)ccc2O)c1C. The minimum atomic E-state index is -0.383. The molecule has 7 heteroatoms. The van der Waals surface area contributed by atoms with Crippen LogP contribution in [0.1, 0.15) is 29.5 Å². The molecule has 0 aliphatic carbocycles. The molecule has 0 spiro atoms. The van der Waals surface area contributed by atoms with Crippen LogP contribution in [0.2, 0.25) is 0 Å². The van der Waals surface area contributed by atoms with Gasteiger partial charge in [-0.2, -0.15) is 5.10 Å². The minimum Gasteiger partial charge on any atom is -0.507 e. The number of benzene rings is 2. The van der Waals surface area contributed by atoms with E-state index >= 15 is 0 Å². The maximum atomic E-state index is 12.0. The van der Waals surface area contributed by atoms with Crippen LogP contribution >= 0.6 is 15.9 Å². The summed E-state index contributed by atoms with van der Waals surface area (Å²) in [5.74, 6) is -0.562. The molecule has 2 rings (SSSR count). The minimum absolute atomic E-state index is 0.0124. The van der Waals surface area contributed by atoms with E-state index in [1.54, 1.807) is 12.1 Å². The third-order valence-corrected chi connectivity index (χ3v) is 4.33. The monoisotopic (exact) mass is 417 g/mol. The first-order chi connectivity index (χ1) is 12.4. The highest BCUT2D eigenvalue weighted by atomic mass is 79.9. The van der Waals surface area contributed by atoms with Crippen LogP contribution in [-0.2, 0) is 9.59 Å². The van der Waals surface area contributed by atoms with Gasteiger partial charge in [-0.1, -0.05) is 28.1 Å². The molecule has 0 unspecified atom stereocenters. The fourth-order valence-corrected chi connectivity index (χ4v) is 2.56. The van der Waals surface area contributed by atoms with Crippen molar-refractivity contribution in [3.63, 3.8) is 0 Å². The van der Waals surface area contributed by atoms with Gasteiger partial charge >= 0.3 is 0 Å². The predicted octanol–water partition coefficient (Wildman–Crippen LogP) is 3.64. The number of phenols is 1. The van der Waals surface area contributed by atoms with Gasteiger partial charge in [0.2, 0.25) is 11.8 Å². The van der Waals surface area contributed by atoms with Gasteiger partial charge in [0.05, 0.1) is 6.21 Å². The average molecular weight is 418 g/mol. The molecular weight excluding hydrogens is 398 g/mol. The predicted molar refractivity (Wildman–Crippen MR) is 105 cm³/mol. The van der Waals surface area contributed by atoms with Crippen LogP contribution in [0.5, 0.6) is 5.75 Å². The van der Waals surface area contributed by atoms with Gasteiger partial charge < -0.3 is 10.4 Å². The summed E-state index contributed by atoms with van der Waals surface area (Å²) in [6, 6.07) is 10.6.